The first-order chi connectivity index (χ1) is 14.3. The van der Waals surface area contributed by atoms with Crippen LogP contribution in [-0.4, -0.2) is 35.5 Å². The number of ether oxygens (including phenoxy) is 2. The minimum Gasteiger partial charge on any atom is -0.486 e. The fourth-order valence-corrected chi connectivity index (χ4v) is 3.71. The quantitative estimate of drug-likeness (QED) is 0.741. The number of fused-ring (bicyclic) bond motifs is 2. The smallest absolute Gasteiger partial charge is 0.255 e. The van der Waals surface area contributed by atoms with Crippen LogP contribution in [0.5, 0.6) is 11.5 Å². The monoisotopic (exact) mass is 387 g/mol. The van der Waals surface area contributed by atoms with Crippen LogP contribution >= 0.6 is 0 Å². The Hall–Kier alpha value is -3.54. The number of benzene rings is 2. The lowest BCUT2D eigenvalue weighted by Crippen LogP contribution is -2.35. The van der Waals surface area contributed by atoms with Crippen LogP contribution in [0.15, 0.2) is 60.8 Å². The van der Waals surface area contributed by atoms with E-state index >= 15 is 0 Å². The van der Waals surface area contributed by atoms with Crippen LogP contribution in [0.2, 0.25) is 0 Å². The number of carbonyl (C=O) groups excluding carboxylic acids is 1. The summed E-state index contributed by atoms with van der Waals surface area (Å²) in [7, 11) is 0. The molecule has 2 aliphatic rings. The number of aromatic nitrogens is 1. The molecule has 29 heavy (non-hydrogen) atoms. The van der Waals surface area contributed by atoms with Gasteiger partial charge in [0.25, 0.3) is 5.91 Å². The van der Waals surface area contributed by atoms with Crippen molar-refractivity contribution in [3.05, 3.63) is 77.5 Å². The van der Waals surface area contributed by atoms with E-state index in [9.17, 15) is 4.79 Å². The number of nitrogens with one attached hydrogen (secondary N) is 1. The summed E-state index contributed by atoms with van der Waals surface area (Å²) >= 11 is 0. The number of pyridine rings is 1. The van der Waals surface area contributed by atoms with Gasteiger partial charge in [0.15, 0.2) is 11.5 Å². The highest BCUT2D eigenvalue weighted by Crippen LogP contribution is 2.33. The Morgan fingerprint density at radius 1 is 0.966 bits per heavy atom. The summed E-state index contributed by atoms with van der Waals surface area (Å²) < 4.78 is 11.1. The molecule has 0 saturated heterocycles. The van der Waals surface area contributed by atoms with Crippen LogP contribution in [-0.2, 0) is 13.0 Å². The summed E-state index contributed by atoms with van der Waals surface area (Å²) in [6, 6.07) is 17.6. The van der Waals surface area contributed by atoms with Gasteiger partial charge in [-0.3, -0.25) is 4.79 Å². The second-order valence-corrected chi connectivity index (χ2v) is 7.16. The summed E-state index contributed by atoms with van der Waals surface area (Å²) in [5, 5.41) is 3.24. The van der Waals surface area contributed by atoms with E-state index in [2.05, 4.69) is 22.4 Å². The molecule has 1 N–H and O–H groups in total. The highest BCUT2D eigenvalue weighted by atomic mass is 16.6. The van der Waals surface area contributed by atoms with Gasteiger partial charge in [-0.1, -0.05) is 24.3 Å². The number of carbonyl (C=O) groups is 1. The van der Waals surface area contributed by atoms with Gasteiger partial charge in [0.2, 0.25) is 0 Å². The number of hydrogen-bond acceptors (Lipinski definition) is 5. The van der Waals surface area contributed by atoms with Crippen LogP contribution < -0.4 is 14.8 Å². The SMILES string of the molecule is O=C(c1ccc(Nc2ccc3c(c2)OCCO3)nc1)N1CCc2ccccc2C1. The van der Waals surface area contributed by atoms with E-state index in [0.29, 0.717) is 31.1 Å². The van der Waals surface area contributed by atoms with Gasteiger partial charge in [-0.05, 0) is 41.8 Å². The standard InChI is InChI=1S/C23H21N3O3/c27-23(26-10-9-16-3-1-2-4-18(16)15-26)17-5-8-22(24-14-17)25-19-6-7-20-21(13-19)29-12-11-28-20/h1-8,13-14H,9-12,15H2,(H,24,25). The highest BCUT2D eigenvalue weighted by molar-refractivity contribution is 5.94. The van der Waals surface area contributed by atoms with Crippen molar-refractivity contribution in [3.8, 4) is 11.5 Å². The summed E-state index contributed by atoms with van der Waals surface area (Å²) in [6.45, 7) is 2.49. The summed E-state index contributed by atoms with van der Waals surface area (Å²) in [6.07, 6.45) is 2.52. The van der Waals surface area contributed by atoms with Crippen molar-refractivity contribution >= 4 is 17.4 Å². The van der Waals surface area contributed by atoms with Gasteiger partial charge < -0.3 is 19.7 Å². The van der Waals surface area contributed by atoms with Crippen molar-refractivity contribution in [2.75, 3.05) is 25.1 Å². The molecule has 0 saturated carbocycles. The van der Waals surface area contributed by atoms with E-state index < -0.39 is 0 Å². The Kier molecular flexibility index (Phi) is 4.52. The van der Waals surface area contributed by atoms with E-state index in [1.54, 1.807) is 6.20 Å². The number of nitrogens with zero attached hydrogens (tertiary/aromatic N) is 2. The summed E-state index contributed by atoms with van der Waals surface area (Å²) in [5.74, 6) is 2.15. The molecule has 0 bridgehead atoms. The van der Waals surface area contributed by atoms with Crippen LogP contribution in [0.3, 0.4) is 0 Å². The van der Waals surface area contributed by atoms with Gasteiger partial charge in [0.05, 0.1) is 5.56 Å². The zero-order valence-corrected chi connectivity index (χ0v) is 15.9. The minimum atomic E-state index is 0.0119. The van der Waals surface area contributed by atoms with E-state index in [1.165, 1.54) is 11.1 Å². The van der Waals surface area contributed by atoms with E-state index in [0.717, 1.165) is 30.2 Å². The van der Waals surface area contributed by atoms with E-state index in [4.69, 9.17) is 9.47 Å². The Bertz CT molecular complexity index is 1050. The molecule has 0 fully saturated rings. The predicted molar refractivity (Wildman–Crippen MR) is 110 cm³/mol. The van der Waals surface area contributed by atoms with Gasteiger partial charge in [0, 0.05) is 31.0 Å². The number of rotatable bonds is 3. The molecule has 0 radical (unpaired) electrons. The third kappa shape index (κ3) is 3.61. The van der Waals surface area contributed by atoms with Crippen molar-refractivity contribution < 1.29 is 14.3 Å². The Morgan fingerprint density at radius 3 is 2.62 bits per heavy atom. The first kappa shape index (κ1) is 17.6. The molecule has 0 spiro atoms. The first-order valence-corrected chi connectivity index (χ1v) is 9.75. The largest absolute Gasteiger partial charge is 0.486 e. The molecule has 6 heteroatoms. The highest BCUT2D eigenvalue weighted by Gasteiger charge is 2.21. The average Bonchev–Trinajstić information content (AvgIpc) is 2.79. The van der Waals surface area contributed by atoms with Gasteiger partial charge in [0.1, 0.15) is 19.0 Å². The van der Waals surface area contributed by atoms with Crippen molar-refractivity contribution in [1.82, 2.24) is 9.88 Å². The first-order valence-electron chi connectivity index (χ1n) is 9.75. The fourth-order valence-electron chi connectivity index (χ4n) is 3.71. The lowest BCUT2D eigenvalue weighted by Gasteiger charge is -2.28. The molecule has 3 aromatic rings. The fraction of sp³-hybridized carbons (Fsp3) is 0.217. The molecule has 0 unspecified atom stereocenters. The second kappa shape index (κ2) is 7.47. The van der Waals surface area contributed by atoms with Crippen molar-refractivity contribution in [3.63, 3.8) is 0 Å². The lowest BCUT2D eigenvalue weighted by atomic mass is 9.99. The zero-order valence-electron chi connectivity index (χ0n) is 15.9. The van der Waals surface area contributed by atoms with E-state index in [1.807, 2.05) is 47.4 Å². The van der Waals surface area contributed by atoms with Crippen LogP contribution in [0.1, 0.15) is 21.5 Å². The van der Waals surface area contributed by atoms with Gasteiger partial charge in [-0.2, -0.15) is 0 Å². The molecule has 2 aromatic carbocycles. The molecule has 146 valence electrons. The third-order valence-electron chi connectivity index (χ3n) is 5.24. The topological polar surface area (TPSA) is 63.7 Å². The van der Waals surface area contributed by atoms with E-state index in [-0.39, 0.29) is 5.91 Å². The molecule has 0 atom stereocenters. The molecule has 0 aliphatic carbocycles. The van der Waals surface area contributed by atoms with Crippen LogP contribution in [0.25, 0.3) is 0 Å². The Balaban J connectivity index is 1.27. The minimum absolute atomic E-state index is 0.0119. The molecule has 5 rings (SSSR count). The average molecular weight is 387 g/mol. The molecule has 6 nitrogen and oxygen atoms in total. The van der Waals surface area contributed by atoms with Crippen molar-refractivity contribution in [2.24, 2.45) is 0 Å². The summed E-state index contributed by atoms with van der Waals surface area (Å²) in [5.41, 5.74) is 4.00. The number of hydrogen-bond donors (Lipinski definition) is 1. The van der Waals surface area contributed by atoms with Gasteiger partial charge >= 0.3 is 0 Å². The molecule has 2 aliphatic heterocycles. The predicted octanol–water partition coefficient (Wildman–Crippen LogP) is 3.79. The molecule has 3 heterocycles. The zero-order chi connectivity index (χ0) is 19.6. The van der Waals surface area contributed by atoms with Crippen LogP contribution in [0, 0.1) is 0 Å². The molecule has 1 amide bonds. The normalized spacial score (nSPS) is 14.8. The maximum Gasteiger partial charge on any atom is 0.255 e. The van der Waals surface area contributed by atoms with Crippen LogP contribution in [0.4, 0.5) is 11.5 Å². The second-order valence-electron chi connectivity index (χ2n) is 7.16. The van der Waals surface area contributed by atoms with Crippen molar-refractivity contribution in [2.45, 2.75) is 13.0 Å². The number of amides is 1. The maximum absolute atomic E-state index is 12.9. The molecular formula is C23H21N3O3. The molecule has 1 aromatic heterocycles. The summed E-state index contributed by atoms with van der Waals surface area (Å²) in [4.78, 5) is 19.2. The maximum atomic E-state index is 12.9. The Labute approximate surface area is 169 Å². The van der Waals surface area contributed by atoms with Crippen molar-refractivity contribution in [1.29, 1.82) is 0 Å². The molecular weight excluding hydrogens is 366 g/mol. The Morgan fingerprint density at radius 2 is 1.79 bits per heavy atom. The van der Waals surface area contributed by atoms with Gasteiger partial charge in [-0.25, -0.2) is 4.98 Å². The number of anilines is 2. The van der Waals surface area contributed by atoms with Gasteiger partial charge in [-0.15, -0.1) is 0 Å². The third-order valence-corrected chi connectivity index (χ3v) is 5.24. The lowest BCUT2D eigenvalue weighted by molar-refractivity contribution is 0.0734.